The van der Waals surface area contributed by atoms with Gasteiger partial charge in [0.05, 0.1) is 5.92 Å². The number of hydrogen-bond acceptors (Lipinski definition) is 5. The summed E-state index contributed by atoms with van der Waals surface area (Å²) >= 11 is 0. The van der Waals surface area contributed by atoms with Gasteiger partial charge in [0, 0.05) is 12.3 Å². The van der Waals surface area contributed by atoms with Crippen LogP contribution in [0.2, 0.25) is 0 Å². The molecule has 2 aliphatic carbocycles. The second kappa shape index (κ2) is 10.6. The minimum absolute atomic E-state index is 0. The highest BCUT2D eigenvalue weighted by atomic mass is 16.5. The van der Waals surface area contributed by atoms with Crippen LogP contribution in [0.4, 0.5) is 0 Å². The first-order valence-corrected chi connectivity index (χ1v) is 11.2. The van der Waals surface area contributed by atoms with Crippen molar-refractivity contribution in [1.29, 1.82) is 0 Å². The molecule has 6 heteroatoms. The van der Waals surface area contributed by atoms with Crippen LogP contribution in [0, 0.1) is 29.6 Å². The number of esters is 2. The Kier molecular flexibility index (Phi) is 8.68. The van der Waals surface area contributed by atoms with Crippen LogP contribution in [-0.2, 0) is 19.1 Å². The van der Waals surface area contributed by atoms with E-state index in [2.05, 4.69) is 32.1 Å². The quantitative estimate of drug-likeness (QED) is 0.653. The summed E-state index contributed by atoms with van der Waals surface area (Å²) < 4.78 is 11.5. The molecule has 6 nitrogen and oxygen atoms in total. The van der Waals surface area contributed by atoms with E-state index in [0.29, 0.717) is 30.6 Å². The normalized spacial score (nSPS) is 36.6. The van der Waals surface area contributed by atoms with E-state index in [9.17, 15) is 14.7 Å². The number of ether oxygens (including phenoxy) is 2. The SMILES string of the molecule is CC[C@H](C)C(=O)O[C@H]1C[C@@H](C)C=C2C=C[C@H](C)[C@H](CC[C@H]3C[C@@H]([O-])CC(=O)O3)[C@H]21.[NH4+]. The highest BCUT2D eigenvalue weighted by Crippen LogP contribution is 2.45. The Morgan fingerprint density at radius 1 is 1.30 bits per heavy atom. The zero-order valence-corrected chi connectivity index (χ0v) is 19.1. The van der Waals surface area contributed by atoms with Crippen LogP contribution in [0.3, 0.4) is 0 Å². The standard InChI is InChI=1S/C24H35O5.H3N/c1-5-15(3)24(27)29-21-11-14(2)10-17-7-6-16(4)20(23(17)21)9-8-19-12-18(25)13-22(26)28-19;/h6-7,10,14-16,18-21,23H,5,8-9,11-13H2,1-4H3;1H3/q-1;/p+1/t14-,15-,16-,18+,19-,20-,21-,23-;/m0./s1. The van der Waals surface area contributed by atoms with Gasteiger partial charge in [-0.05, 0) is 55.4 Å². The summed E-state index contributed by atoms with van der Waals surface area (Å²) in [5.74, 6) is 0.617. The zero-order chi connectivity index (χ0) is 21.1. The second-order valence-corrected chi connectivity index (χ2v) is 9.32. The molecule has 170 valence electrons. The number of rotatable bonds is 6. The molecule has 30 heavy (non-hydrogen) atoms. The molecule has 0 amide bonds. The molecule has 4 N–H and O–H groups in total. The smallest absolute Gasteiger partial charge is 0.308 e. The van der Waals surface area contributed by atoms with Crippen LogP contribution in [0.15, 0.2) is 23.8 Å². The Hall–Kier alpha value is -1.66. The fraction of sp³-hybridized carbons (Fsp3) is 0.750. The van der Waals surface area contributed by atoms with Crippen molar-refractivity contribution in [3.63, 3.8) is 0 Å². The molecule has 0 aromatic rings. The molecule has 0 aromatic carbocycles. The molecule has 0 spiro atoms. The van der Waals surface area contributed by atoms with Crippen molar-refractivity contribution in [2.24, 2.45) is 29.6 Å². The summed E-state index contributed by atoms with van der Waals surface area (Å²) in [6, 6.07) is 0. The fourth-order valence-electron chi connectivity index (χ4n) is 5.05. The third kappa shape index (κ3) is 5.73. The fourth-order valence-corrected chi connectivity index (χ4v) is 5.05. The highest BCUT2D eigenvalue weighted by molar-refractivity contribution is 5.72. The van der Waals surface area contributed by atoms with Gasteiger partial charge in [-0.3, -0.25) is 9.59 Å². The molecule has 0 saturated carbocycles. The van der Waals surface area contributed by atoms with Gasteiger partial charge in [-0.2, -0.15) is 0 Å². The number of cyclic esters (lactones) is 1. The summed E-state index contributed by atoms with van der Waals surface area (Å²) in [5, 5.41) is 11.8. The maximum Gasteiger partial charge on any atom is 0.308 e. The van der Waals surface area contributed by atoms with Crippen molar-refractivity contribution < 1.29 is 24.2 Å². The number of fused-ring (bicyclic) bond motifs is 1. The monoisotopic (exact) mass is 421 g/mol. The Labute approximate surface area is 180 Å². The van der Waals surface area contributed by atoms with Crippen LogP contribution >= 0.6 is 0 Å². The second-order valence-electron chi connectivity index (χ2n) is 9.32. The zero-order valence-electron chi connectivity index (χ0n) is 19.1. The number of carbonyl (C=O) groups is 2. The summed E-state index contributed by atoms with van der Waals surface area (Å²) in [6.07, 6.45) is 9.04. The maximum atomic E-state index is 12.5. The van der Waals surface area contributed by atoms with E-state index in [0.717, 1.165) is 19.3 Å². The lowest BCUT2D eigenvalue weighted by atomic mass is 9.65. The number of quaternary nitrogens is 1. The first-order valence-electron chi connectivity index (χ1n) is 11.2. The van der Waals surface area contributed by atoms with E-state index >= 15 is 0 Å². The Bertz CT molecular complexity index is 673. The molecule has 0 aromatic heterocycles. The van der Waals surface area contributed by atoms with Crippen molar-refractivity contribution in [1.82, 2.24) is 6.15 Å². The molecule has 3 rings (SSSR count). The van der Waals surface area contributed by atoms with Crippen LogP contribution in [0.5, 0.6) is 0 Å². The molecule has 0 radical (unpaired) electrons. The van der Waals surface area contributed by atoms with Crippen LogP contribution in [-0.4, -0.2) is 30.3 Å². The molecule has 1 heterocycles. The predicted molar refractivity (Wildman–Crippen MR) is 115 cm³/mol. The molecule has 3 aliphatic rings. The third-order valence-electron chi connectivity index (χ3n) is 6.92. The van der Waals surface area contributed by atoms with Gasteiger partial charge in [-0.15, -0.1) is 6.10 Å². The van der Waals surface area contributed by atoms with E-state index in [1.807, 2.05) is 13.8 Å². The molecule has 0 unspecified atom stereocenters. The molecular formula is C24H39NO5. The summed E-state index contributed by atoms with van der Waals surface area (Å²) in [4.78, 5) is 24.2. The Morgan fingerprint density at radius 3 is 2.70 bits per heavy atom. The van der Waals surface area contributed by atoms with Crippen molar-refractivity contribution in [3.8, 4) is 0 Å². The summed E-state index contributed by atoms with van der Waals surface area (Å²) in [7, 11) is 0. The molecule has 0 bridgehead atoms. The van der Waals surface area contributed by atoms with Crippen LogP contribution in [0.25, 0.3) is 0 Å². The first kappa shape index (κ1) is 24.6. The van der Waals surface area contributed by atoms with Gasteiger partial charge in [-0.25, -0.2) is 0 Å². The highest BCUT2D eigenvalue weighted by Gasteiger charge is 2.42. The van der Waals surface area contributed by atoms with Gasteiger partial charge in [0.25, 0.3) is 0 Å². The Balaban J connectivity index is 0.00000320. The largest absolute Gasteiger partial charge is 0.851 e. The Morgan fingerprint density at radius 2 is 2.03 bits per heavy atom. The van der Waals surface area contributed by atoms with Gasteiger partial charge in [-0.1, -0.05) is 45.9 Å². The van der Waals surface area contributed by atoms with E-state index in [4.69, 9.17) is 9.47 Å². The van der Waals surface area contributed by atoms with Gasteiger partial charge in [0.2, 0.25) is 0 Å². The van der Waals surface area contributed by atoms with Crippen molar-refractivity contribution in [2.75, 3.05) is 0 Å². The summed E-state index contributed by atoms with van der Waals surface area (Å²) in [5.41, 5.74) is 1.26. The molecular weight excluding hydrogens is 382 g/mol. The van der Waals surface area contributed by atoms with E-state index < -0.39 is 6.10 Å². The predicted octanol–water partition coefficient (Wildman–Crippen LogP) is 3.94. The first-order chi connectivity index (χ1) is 13.8. The van der Waals surface area contributed by atoms with Gasteiger partial charge < -0.3 is 20.7 Å². The third-order valence-corrected chi connectivity index (χ3v) is 6.92. The van der Waals surface area contributed by atoms with E-state index in [1.165, 1.54) is 5.57 Å². The maximum absolute atomic E-state index is 12.5. The minimum Gasteiger partial charge on any atom is -0.851 e. The van der Waals surface area contributed by atoms with Gasteiger partial charge in [0.15, 0.2) is 0 Å². The van der Waals surface area contributed by atoms with Gasteiger partial charge >= 0.3 is 11.9 Å². The van der Waals surface area contributed by atoms with Crippen molar-refractivity contribution in [3.05, 3.63) is 23.8 Å². The number of carbonyl (C=O) groups excluding carboxylic acids is 2. The van der Waals surface area contributed by atoms with Crippen molar-refractivity contribution in [2.45, 2.75) is 84.5 Å². The average molecular weight is 422 g/mol. The number of allylic oxidation sites excluding steroid dienone is 3. The number of hydrogen-bond donors (Lipinski definition) is 1. The van der Waals surface area contributed by atoms with Crippen LogP contribution in [0.1, 0.15) is 66.2 Å². The lowest BCUT2D eigenvalue weighted by Crippen LogP contribution is -2.43. The molecule has 1 saturated heterocycles. The minimum atomic E-state index is -0.847. The topological polar surface area (TPSA) is 112 Å². The molecule has 8 atom stereocenters. The van der Waals surface area contributed by atoms with Crippen molar-refractivity contribution >= 4 is 11.9 Å². The van der Waals surface area contributed by atoms with E-state index in [-0.39, 0.29) is 48.6 Å². The summed E-state index contributed by atoms with van der Waals surface area (Å²) in [6.45, 7) is 8.30. The van der Waals surface area contributed by atoms with Crippen LogP contribution < -0.4 is 11.3 Å². The molecule has 1 aliphatic heterocycles. The molecule has 1 fully saturated rings. The lowest BCUT2D eigenvalue weighted by Gasteiger charge is -2.43. The van der Waals surface area contributed by atoms with Gasteiger partial charge in [0.1, 0.15) is 12.2 Å². The van der Waals surface area contributed by atoms with E-state index in [1.54, 1.807) is 0 Å². The average Bonchev–Trinajstić information content (AvgIpc) is 2.65. The lowest BCUT2D eigenvalue weighted by molar-refractivity contribution is -0.427.